The summed E-state index contributed by atoms with van der Waals surface area (Å²) in [6.07, 6.45) is 0. The van der Waals surface area contributed by atoms with Crippen molar-refractivity contribution in [3.8, 4) is 0 Å². The summed E-state index contributed by atoms with van der Waals surface area (Å²) in [6, 6.07) is 7.55. The van der Waals surface area contributed by atoms with Crippen molar-refractivity contribution in [1.82, 2.24) is 10.6 Å². The summed E-state index contributed by atoms with van der Waals surface area (Å²) >= 11 is 6.68. The molecule has 30 heavy (non-hydrogen) atoms. The molecule has 0 saturated heterocycles. The zero-order valence-electron chi connectivity index (χ0n) is 17.6. The summed E-state index contributed by atoms with van der Waals surface area (Å²) in [5, 5.41) is 10.1. The maximum Gasteiger partial charge on any atom is 0.341 e. The lowest BCUT2D eigenvalue weighted by Crippen LogP contribution is -2.45. The highest BCUT2D eigenvalue weighted by Gasteiger charge is 2.31. The van der Waals surface area contributed by atoms with Crippen molar-refractivity contribution in [3.05, 3.63) is 62.7 Å². The van der Waals surface area contributed by atoms with E-state index in [0.29, 0.717) is 26.9 Å². The monoisotopic (exact) mass is 443 g/mol. The van der Waals surface area contributed by atoms with Crippen LogP contribution in [0.1, 0.15) is 51.8 Å². The Morgan fingerprint density at radius 1 is 1.17 bits per heavy atom. The van der Waals surface area contributed by atoms with Gasteiger partial charge in [0.1, 0.15) is 5.00 Å². The van der Waals surface area contributed by atoms with E-state index >= 15 is 0 Å². The number of benzene rings is 1. The molecule has 3 rings (SSSR count). The van der Waals surface area contributed by atoms with Crippen LogP contribution in [0.4, 0.5) is 5.00 Å². The molecule has 0 unspecified atom stereocenters. The Kier molecular flexibility index (Phi) is 6.58. The van der Waals surface area contributed by atoms with Crippen molar-refractivity contribution in [2.45, 2.75) is 40.7 Å². The molecule has 0 aliphatic carbocycles. The van der Waals surface area contributed by atoms with Crippen LogP contribution in [0, 0.1) is 20.8 Å². The molecule has 1 aromatic heterocycles. The molecule has 1 amide bonds. The Morgan fingerprint density at radius 3 is 2.47 bits per heavy atom. The van der Waals surface area contributed by atoms with Gasteiger partial charge in [-0.25, -0.2) is 4.79 Å². The van der Waals surface area contributed by atoms with E-state index in [9.17, 15) is 9.59 Å². The van der Waals surface area contributed by atoms with Crippen LogP contribution in [0.5, 0.6) is 0 Å². The van der Waals surface area contributed by atoms with E-state index in [2.05, 4.69) is 16.0 Å². The highest BCUT2D eigenvalue weighted by atomic mass is 32.1. The van der Waals surface area contributed by atoms with Gasteiger partial charge in [-0.05, 0) is 58.0 Å². The van der Waals surface area contributed by atoms with Crippen molar-refractivity contribution >= 4 is 45.5 Å². The van der Waals surface area contributed by atoms with Crippen LogP contribution >= 0.6 is 23.6 Å². The van der Waals surface area contributed by atoms with Gasteiger partial charge < -0.3 is 20.7 Å². The summed E-state index contributed by atoms with van der Waals surface area (Å²) in [6.45, 7) is 9.63. The number of esters is 1. The number of thiocarbonyl (C=S) groups is 1. The Bertz CT molecular complexity index is 1040. The molecule has 2 aromatic rings. The Morgan fingerprint density at radius 2 is 1.83 bits per heavy atom. The fourth-order valence-corrected chi connectivity index (χ4v) is 4.65. The molecule has 1 aromatic carbocycles. The molecule has 0 bridgehead atoms. The molecule has 0 spiro atoms. The number of carbonyl (C=O) groups excluding carboxylic acids is 2. The predicted molar refractivity (Wildman–Crippen MR) is 124 cm³/mol. The van der Waals surface area contributed by atoms with Gasteiger partial charge in [0.2, 0.25) is 0 Å². The summed E-state index contributed by atoms with van der Waals surface area (Å²) in [4.78, 5) is 26.8. The van der Waals surface area contributed by atoms with Crippen LogP contribution in [0.2, 0.25) is 0 Å². The second-order valence-corrected chi connectivity index (χ2v) is 8.78. The van der Waals surface area contributed by atoms with Gasteiger partial charge in [-0.2, -0.15) is 0 Å². The van der Waals surface area contributed by atoms with Crippen molar-refractivity contribution in [1.29, 1.82) is 0 Å². The lowest BCUT2D eigenvalue weighted by molar-refractivity contribution is -0.113. The maximum atomic E-state index is 13.4. The summed E-state index contributed by atoms with van der Waals surface area (Å²) in [7, 11) is 0. The molecular formula is C22H25N3O3S2. The fourth-order valence-electron chi connectivity index (χ4n) is 3.34. The number of thiophene rings is 1. The van der Waals surface area contributed by atoms with Gasteiger partial charge in [0.25, 0.3) is 5.91 Å². The van der Waals surface area contributed by atoms with Gasteiger partial charge in [-0.15, -0.1) is 11.3 Å². The predicted octanol–water partition coefficient (Wildman–Crippen LogP) is 4.28. The van der Waals surface area contributed by atoms with Crippen LogP contribution in [0.25, 0.3) is 0 Å². The van der Waals surface area contributed by atoms with E-state index in [-0.39, 0.29) is 12.5 Å². The maximum absolute atomic E-state index is 13.4. The number of carbonyl (C=O) groups is 2. The van der Waals surface area contributed by atoms with Gasteiger partial charge in [-0.1, -0.05) is 29.8 Å². The van der Waals surface area contributed by atoms with Crippen LogP contribution in [-0.2, 0) is 9.53 Å². The molecule has 2 heterocycles. The molecule has 0 radical (unpaired) electrons. The quantitative estimate of drug-likeness (QED) is 0.473. The van der Waals surface area contributed by atoms with Crippen LogP contribution < -0.4 is 16.0 Å². The number of allylic oxidation sites excluding steroid dienone is 1. The molecule has 0 fully saturated rings. The first-order chi connectivity index (χ1) is 14.2. The van der Waals surface area contributed by atoms with Crippen molar-refractivity contribution in [2.24, 2.45) is 0 Å². The Balaban J connectivity index is 1.97. The molecule has 1 aliphatic rings. The molecule has 8 heteroatoms. The molecule has 1 aliphatic heterocycles. The SMILES string of the molecule is CCOC(=O)c1c(NC(=O)C2=C(C)NC(=S)N[C@@H]2c2ccc(C)cc2)sc(C)c1C. The number of amides is 1. The van der Waals surface area contributed by atoms with E-state index in [0.717, 1.165) is 21.6 Å². The van der Waals surface area contributed by atoms with E-state index in [1.54, 1.807) is 6.92 Å². The minimum atomic E-state index is -0.434. The minimum absolute atomic E-state index is 0.269. The summed E-state index contributed by atoms with van der Waals surface area (Å²) in [5.41, 5.74) is 4.47. The van der Waals surface area contributed by atoms with Gasteiger partial charge in [0.05, 0.1) is 23.8 Å². The smallest absolute Gasteiger partial charge is 0.341 e. The van der Waals surface area contributed by atoms with E-state index < -0.39 is 12.0 Å². The molecular weight excluding hydrogens is 418 g/mol. The average Bonchev–Trinajstić information content (AvgIpc) is 2.95. The summed E-state index contributed by atoms with van der Waals surface area (Å²) in [5.74, 6) is -0.733. The van der Waals surface area contributed by atoms with Gasteiger partial charge >= 0.3 is 5.97 Å². The fraction of sp³-hybridized carbons (Fsp3) is 0.318. The summed E-state index contributed by atoms with van der Waals surface area (Å²) < 4.78 is 5.19. The third-order valence-electron chi connectivity index (χ3n) is 5.02. The lowest BCUT2D eigenvalue weighted by atomic mass is 9.94. The topological polar surface area (TPSA) is 79.5 Å². The standard InChI is InChI=1S/C22H25N3O3S2/c1-6-28-21(27)16-12(3)14(5)30-20(16)25-19(26)17-13(4)23-22(29)24-18(17)15-9-7-11(2)8-10-15/h7-10,18H,6H2,1-5H3,(H,25,26)(H2,23,24,29)/t18-/m1/s1. The number of rotatable bonds is 5. The van der Waals surface area contributed by atoms with Gasteiger partial charge in [0, 0.05) is 10.6 Å². The van der Waals surface area contributed by atoms with Gasteiger partial charge in [0.15, 0.2) is 5.11 Å². The largest absolute Gasteiger partial charge is 0.462 e. The number of hydrogen-bond donors (Lipinski definition) is 3. The molecule has 6 nitrogen and oxygen atoms in total. The number of nitrogens with one attached hydrogen (secondary N) is 3. The zero-order chi connectivity index (χ0) is 22.0. The number of aryl methyl sites for hydroxylation is 2. The average molecular weight is 444 g/mol. The first-order valence-corrected chi connectivity index (χ1v) is 10.9. The van der Waals surface area contributed by atoms with Crippen LogP contribution in [0.15, 0.2) is 35.5 Å². The lowest BCUT2D eigenvalue weighted by Gasteiger charge is -2.30. The normalized spacial score (nSPS) is 16.0. The first-order valence-electron chi connectivity index (χ1n) is 9.66. The highest BCUT2D eigenvalue weighted by molar-refractivity contribution is 7.80. The highest BCUT2D eigenvalue weighted by Crippen LogP contribution is 2.35. The number of anilines is 1. The van der Waals surface area contributed by atoms with Crippen LogP contribution in [0.3, 0.4) is 0 Å². The zero-order valence-corrected chi connectivity index (χ0v) is 19.3. The minimum Gasteiger partial charge on any atom is -0.462 e. The van der Waals surface area contributed by atoms with Crippen molar-refractivity contribution in [2.75, 3.05) is 11.9 Å². The third kappa shape index (κ3) is 4.39. The third-order valence-corrected chi connectivity index (χ3v) is 6.36. The van der Waals surface area contributed by atoms with E-state index in [1.165, 1.54) is 11.3 Å². The van der Waals surface area contributed by atoms with Crippen molar-refractivity contribution < 1.29 is 14.3 Å². The number of ether oxygens (including phenoxy) is 1. The van der Waals surface area contributed by atoms with E-state index in [1.807, 2.05) is 52.0 Å². The Labute approximate surface area is 185 Å². The second-order valence-electron chi connectivity index (χ2n) is 7.14. The molecule has 3 N–H and O–H groups in total. The van der Waals surface area contributed by atoms with Crippen molar-refractivity contribution in [3.63, 3.8) is 0 Å². The molecule has 158 valence electrons. The van der Waals surface area contributed by atoms with Gasteiger partial charge in [-0.3, -0.25) is 4.79 Å². The Hall–Kier alpha value is -2.71. The van der Waals surface area contributed by atoms with Crippen LogP contribution in [-0.4, -0.2) is 23.6 Å². The molecule has 0 saturated carbocycles. The second kappa shape index (κ2) is 8.97. The van der Waals surface area contributed by atoms with E-state index in [4.69, 9.17) is 17.0 Å². The number of hydrogen-bond acceptors (Lipinski definition) is 5. The molecule has 1 atom stereocenters. The first kappa shape index (κ1) is 22.0.